The van der Waals surface area contributed by atoms with Crippen LogP contribution in [0.2, 0.25) is 0 Å². The molecule has 1 aromatic rings. The Hall–Kier alpha value is -1.59. The Bertz CT molecular complexity index is 398. The molecule has 21 heavy (non-hydrogen) atoms. The van der Waals surface area contributed by atoms with Gasteiger partial charge in [0.2, 0.25) is 11.9 Å². The first-order chi connectivity index (χ1) is 10.2. The third-order valence-electron chi connectivity index (χ3n) is 2.88. The van der Waals surface area contributed by atoms with Crippen LogP contribution in [0.25, 0.3) is 0 Å². The number of nitrogens with one attached hydrogen (secondary N) is 2. The molecule has 6 nitrogen and oxygen atoms in total. The summed E-state index contributed by atoms with van der Waals surface area (Å²) in [7, 11) is 0. The summed E-state index contributed by atoms with van der Waals surface area (Å²) >= 11 is 0. The Labute approximate surface area is 128 Å². The van der Waals surface area contributed by atoms with Gasteiger partial charge in [-0.15, -0.1) is 0 Å². The number of aromatic nitrogens is 3. The Balaban J connectivity index is 2.52. The molecule has 0 amide bonds. The monoisotopic (exact) mass is 295 g/mol. The summed E-state index contributed by atoms with van der Waals surface area (Å²) in [6.45, 7) is 10.8. The van der Waals surface area contributed by atoms with Crippen molar-refractivity contribution in [3.8, 4) is 6.01 Å². The van der Waals surface area contributed by atoms with E-state index in [1.807, 2.05) is 6.92 Å². The Morgan fingerprint density at radius 3 is 2.33 bits per heavy atom. The van der Waals surface area contributed by atoms with Gasteiger partial charge in [-0.05, 0) is 25.7 Å². The fourth-order valence-electron chi connectivity index (χ4n) is 1.81. The van der Waals surface area contributed by atoms with Crippen LogP contribution in [0.15, 0.2) is 0 Å². The van der Waals surface area contributed by atoms with Crippen LogP contribution in [0.3, 0.4) is 0 Å². The maximum atomic E-state index is 5.50. The number of rotatable bonds is 11. The molecule has 6 heteroatoms. The molecule has 0 saturated carbocycles. The van der Waals surface area contributed by atoms with Crippen molar-refractivity contribution in [3.05, 3.63) is 0 Å². The molecule has 0 aromatic carbocycles. The van der Waals surface area contributed by atoms with Crippen LogP contribution in [0.1, 0.15) is 53.4 Å². The number of hydrogen-bond donors (Lipinski definition) is 2. The zero-order valence-corrected chi connectivity index (χ0v) is 13.8. The van der Waals surface area contributed by atoms with E-state index in [0.717, 1.165) is 31.8 Å². The van der Waals surface area contributed by atoms with Crippen molar-refractivity contribution in [2.45, 2.75) is 53.4 Å². The van der Waals surface area contributed by atoms with Crippen LogP contribution in [0.4, 0.5) is 11.9 Å². The van der Waals surface area contributed by atoms with Crippen LogP contribution in [-0.2, 0) is 0 Å². The van der Waals surface area contributed by atoms with Crippen LogP contribution in [0.5, 0.6) is 6.01 Å². The Morgan fingerprint density at radius 2 is 1.71 bits per heavy atom. The van der Waals surface area contributed by atoms with Crippen molar-refractivity contribution in [1.82, 2.24) is 15.0 Å². The second-order valence-corrected chi connectivity index (χ2v) is 5.46. The SMILES string of the molecule is CCCOc1nc(NCC)nc(NCCCCC(C)C)n1. The summed E-state index contributed by atoms with van der Waals surface area (Å²) in [5.41, 5.74) is 0. The second-order valence-electron chi connectivity index (χ2n) is 5.46. The largest absolute Gasteiger partial charge is 0.463 e. The van der Waals surface area contributed by atoms with Gasteiger partial charge in [0.05, 0.1) is 6.61 Å². The van der Waals surface area contributed by atoms with E-state index in [1.54, 1.807) is 0 Å². The molecule has 0 spiro atoms. The summed E-state index contributed by atoms with van der Waals surface area (Å²) in [6, 6.07) is 0.382. The van der Waals surface area contributed by atoms with E-state index < -0.39 is 0 Å². The fourth-order valence-corrected chi connectivity index (χ4v) is 1.81. The molecule has 0 radical (unpaired) electrons. The molecule has 0 aliphatic heterocycles. The zero-order valence-electron chi connectivity index (χ0n) is 13.8. The van der Waals surface area contributed by atoms with Gasteiger partial charge in [-0.1, -0.05) is 33.6 Å². The first kappa shape index (κ1) is 17.5. The fraction of sp³-hybridized carbons (Fsp3) is 0.800. The average Bonchev–Trinajstić information content (AvgIpc) is 2.44. The van der Waals surface area contributed by atoms with Crippen molar-refractivity contribution in [3.63, 3.8) is 0 Å². The lowest BCUT2D eigenvalue weighted by atomic mass is 10.1. The van der Waals surface area contributed by atoms with Gasteiger partial charge in [-0.2, -0.15) is 15.0 Å². The maximum absolute atomic E-state index is 5.50. The highest BCUT2D eigenvalue weighted by Crippen LogP contribution is 2.12. The van der Waals surface area contributed by atoms with E-state index in [2.05, 4.69) is 46.4 Å². The predicted octanol–water partition coefficient (Wildman–Crippen LogP) is 3.33. The average molecular weight is 295 g/mol. The van der Waals surface area contributed by atoms with Gasteiger partial charge in [-0.3, -0.25) is 0 Å². The number of anilines is 2. The summed E-state index contributed by atoms with van der Waals surface area (Å²) in [4.78, 5) is 12.9. The molecule has 0 aliphatic rings. The maximum Gasteiger partial charge on any atom is 0.323 e. The minimum atomic E-state index is 0.382. The van der Waals surface area contributed by atoms with Gasteiger partial charge in [0.1, 0.15) is 0 Å². The molecule has 0 saturated heterocycles. The number of unbranched alkanes of at least 4 members (excludes halogenated alkanes) is 1. The minimum Gasteiger partial charge on any atom is -0.463 e. The van der Waals surface area contributed by atoms with Crippen LogP contribution < -0.4 is 15.4 Å². The van der Waals surface area contributed by atoms with Gasteiger partial charge >= 0.3 is 6.01 Å². The van der Waals surface area contributed by atoms with Crippen LogP contribution >= 0.6 is 0 Å². The van der Waals surface area contributed by atoms with E-state index >= 15 is 0 Å². The summed E-state index contributed by atoms with van der Waals surface area (Å²) in [6.07, 6.45) is 4.52. The highest BCUT2D eigenvalue weighted by molar-refractivity contribution is 5.35. The molecule has 0 atom stereocenters. The van der Waals surface area contributed by atoms with Gasteiger partial charge in [0.25, 0.3) is 0 Å². The highest BCUT2D eigenvalue weighted by atomic mass is 16.5. The third kappa shape index (κ3) is 7.68. The molecule has 0 aliphatic carbocycles. The van der Waals surface area contributed by atoms with E-state index in [4.69, 9.17) is 4.74 Å². The molecule has 0 fully saturated rings. The normalized spacial score (nSPS) is 10.7. The molecular formula is C15H29N5O. The van der Waals surface area contributed by atoms with Gasteiger partial charge in [0, 0.05) is 13.1 Å². The first-order valence-electron chi connectivity index (χ1n) is 8.02. The highest BCUT2D eigenvalue weighted by Gasteiger charge is 2.06. The second kappa shape index (κ2) is 10.2. The van der Waals surface area contributed by atoms with Gasteiger partial charge < -0.3 is 15.4 Å². The topological polar surface area (TPSA) is 72.0 Å². The van der Waals surface area contributed by atoms with Crippen molar-refractivity contribution in [2.24, 2.45) is 5.92 Å². The van der Waals surface area contributed by atoms with Crippen molar-refractivity contribution < 1.29 is 4.74 Å². The molecule has 120 valence electrons. The quantitative estimate of drug-likeness (QED) is 0.610. The minimum absolute atomic E-state index is 0.382. The van der Waals surface area contributed by atoms with Gasteiger partial charge in [-0.25, -0.2) is 0 Å². The summed E-state index contributed by atoms with van der Waals surface area (Å²) in [5.74, 6) is 1.90. The zero-order chi connectivity index (χ0) is 15.5. The summed E-state index contributed by atoms with van der Waals surface area (Å²) < 4.78 is 5.50. The molecule has 0 unspecified atom stereocenters. The lowest BCUT2D eigenvalue weighted by Gasteiger charge is -2.10. The Kier molecular flexibility index (Phi) is 8.47. The van der Waals surface area contributed by atoms with E-state index in [9.17, 15) is 0 Å². The van der Waals surface area contributed by atoms with Gasteiger partial charge in [0.15, 0.2) is 0 Å². The third-order valence-corrected chi connectivity index (χ3v) is 2.88. The first-order valence-corrected chi connectivity index (χ1v) is 8.02. The number of hydrogen-bond acceptors (Lipinski definition) is 6. The molecule has 1 rings (SSSR count). The number of ether oxygens (including phenoxy) is 1. The lowest BCUT2D eigenvalue weighted by Crippen LogP contribution is -2.12. The molecular weight excluding hydrogens is 266 g/mol. The molecule has 0 bridgehead atoms. The van der Waals surface area contributed by atoms with Crippen molar-refractivity contribution in [2.75, 3.05) is 30.3 Å². The lowest BCUT2D eigenvalue weighted by molar-refractivity contribution is 0.292. The molecule has 1 aromatic heterocycles. The molecule has 1 heterocycles. The van der Waals surface area contributed by atoms with Crippen molar-refractivity contribution >= 4 is 11.9 Å². The predicted molar refractivity (Wildman–Crippen MR) is 87.0 cm³/mol. The van der Waals surface area contributed by atoms with Crippen LogP contribution in [0, 0.1) is 5.92 Å². The number of nitrogens with zero attached hydrogens (tertiary/aromatic N) is 3. The Morgan fingerprint density at radius 1 is 1.00 bits per heavy atom. The summed E-state index contributed by atoms with van der Waals surface area (Å²) in [5, 5.41) is 6.35. The smallest absolute Gasteiger partial charge is 0.323 e. The standard InChI is InChI=1S/C15H29N5O/c1-5-11-21-15-19-13(16-6-2)18-14(20-15)17-10-8-7-9-12(3)4/h12H,5-11H2,1-4H3,(H2,16,17,18,19,20). The van der Waals surface area contributed by atoms with E-state index in [0.29, 0.717) is 24.5 Å². The van der Waals surface area contributed by atoms with E-state index in [1.165, 1.54) is 12.8 Å². The van der Waals surface area contributed by atoms with Crippen LogP contribution in [-0.4, -0.2) is 34.6 Å². The molecule has 2 N–H and O–H groups in total. The van der Waals surface area contributed by atoms with E-state index in [-0.39, 0.29) is 0 Å². The van der Waals surface area contributed by atoms with Crippen molar-refractivity contribution in [1.29, 1.82) is 0 Å².